The molecule has 1 aromatic rings. The van der Waals surface area contributed by atoms with Crippen LogP contribution in [0.4, 0.5) is 5.69 Å². The molecule has 2 N–H and O–H groups in total. The molecule has 1 amide bonds. The van der Waals surface area contributed by atoms with Gasteiger partial charge in [-0.05, 0) is 75.9 Å². The van der Waals surface area contributed by atoms with Crippen LogP contribution in [0.2, 0.25) is 0 Å². The minimum absolute atomic E-state index is 0.0684. The lowest BCUT2D eigenvalue weighted by Gasteiger charge is -2.22. The summed E-state index contributed by atoms with van der Waals surface area (Å²) in [5.41, 5.74) is 1.96. The number of aryl methyl sites for hydroxylation is 1. The van der Waals surface area contributed by atoms with Gasteiger partial charge < -0.3 is 10.6 Å². The number of hydrogen-bond acceptors (Lipinski definition) is 2. The molecule has 1 atom stereocenters. The Kier molecular flexibility index (Phi) is 4.81. The molecule has 0 saturated carbocycles. The first-order valence-corrected chi connectivity index (χ1v) is 7.64. The molecule has 5 heteroatoms. The van der Waals surface area contributed by atoms with Gasteiger partial charge in [-0.1, -0.05) is 0 Å². The fraction of sp³-hybridized carbons (Fsp3) is 0.462. The van der Waals surface area contributed by atoms with Crippen molar-refractivity contribution in [2.24, 2.45) is 5.92 Å². The lowest BCUT2D eigenvalue weighted by Crippen LogP contribution is -2.37. The van der Waals surface area contributed by atoms with Crippen LogP contribution in [0, 0.1) is 12.8 Å². The summed E-state index contributed by atoms with van der Waals surface area (Å²) in [5.74, 6) is 0.159. The summed E-state index contributed by atoms with van der Waals surface area (Å²) >= 11 is 6.98. The third-order valence-corrected chi connectivity index (χ3v) is 4.35. The highest BCUT2D eigenvalue weighted by Crippen LogP contribution is 2.32. The third-order valence-electron chi connectivity index (χ3n) is 3.10. The number of nitrogens with one attached hydrogen (secondary N) is 2. The Balaban J connectivity index is 2.11. The Labute approximate surface area is 124 Å². The molecule has 1 aromatic carbocycles. The van der Waals surface area contributed by atoms with Gasteiger partial charge in [0.1, 0.15) is 0 Å². The largest absolute Gasteiger partial charge is 0.324 e. The predicted molar refractivity (Wildman–Crippen MR) is 80.8 cm³/mol. The summed E-state index contributed by atoms with van der Waals surface area (Å²) in [4.78, 5) is 12.2. The van der Waals surface area contributed by atoms with Crippen molar-refractivity contribution >= 4 is 43.5 Å². The normalized spacial score (nSPS) is 19.6. The van der Waals surface area contributed by atoms with Crippen LogP contribution in [0.1, 0.15) is 18.4 Å². The number of hydrogen-bond donors (Lipinski definition) is 2. The monoisotopic (exact) mass is 374 g/mol. The van der Waals surface area contributed by atoms with Crippen molar-refractivity contribution in [3.8, 4) is 0 Å². The molecule has 0 radical (unpaired) electrons. The van der Waals surface area contributed by atoms with Gasteiger partial charge in [0.2, 0.25) is 5.91 Å². The maximum absolute atomic E-state index is 12.2. The van der Waals surface area contributed by atoms with Gasteiger partial charge in [-0.2, -0.15) is 0 Å². The van der Waals surface area contributed by atoms with Crippen molar-refractivity contribution in [1.82, 2.24) is 5.32 Å². The molecule has 1 aliphatic heterocycles. The average molecular weight is 376 g/mol. The Hall–Kier alpha value is -0.390. The molecular weight excluding hydrogens is 360 g/mol. The van der Waals surface area contributed by atoms with E-state index in [1.165, 1.54) is 0 Å². The smallest absolute Gasteiger partial charge is 0.228 e. The summed E-state index contributed by atoms with van der Waals surface area (Å²) in [7, 11) is 0. The molecule has 1 unspecified atom stereocenters. The van der Waals surface area contributed by atoms with Gasteiger partial charge in [-0.15, -0.1) is 0 Å². The second-order valence-electron chi connectivity index (χ2n) is 4.64. The van der Waals surface area contributed by atoms with Gasteiger partial charge in [-0.3, -0.25) is 4.79 Å². The van der Waals surface area contributed by atoms with Crippen molar-refractivity contribution in [3.05, 3.63) is 26.6 Å². The molecule has 3 nitrogen and oxygen atoms in total. The van der Waals surface area contributed by atoms with E-state index in [0.29, 0.717) is 0 Å². The molecule has 98 valence electrons. The Morgan fingerprint density at radius 1 is 1.39 bits per heavy atom. The quantitative estimate of drug-likeness (QED) is 0.831. The molecule has 18 heavy (non-hydrogen) atoms. The lowest BCUT2D eigenvalue weighted by molar-refractivity contribution is -0.120. The van der Waals surface area contributed by atoms with E-state index < -0.39 is 0 Å². The van der Waals surface area contributed by atoms with E-state index in [4.69, 9.17) is 0 Å². The topological polar surface area (TPSA) is 41.1 Å². The van der Waals surface area contributed by atoms with E-state index in [0.717, 1.165) is 46.1 Å². The van der Waals surface area contributed by atoms with Crippen molar-refractivity contribution in [1.29, 1.82) is 0 Å². The van der Waals surface area contributed by atoms with E-state index in [1.54, 1.807) is 0 Å². The number of amides is 1. The highest BCUT2D eigenvalue weighted by Gasteiger charge is 2.22. The number of benzene rings is 1. The molecule has 0 bridgehead atoms. The fourth-order valence-electron chi connectivity index (χ4n) is 2.12. The summed E-state index contributed by atoms with van der Waals surface area (Å²) < 4.78 is 1.82. The van der Waals surface area contributed by atoms with E-state index in [9.17, 15) is 4.79 Å². The zero-order valence-electron chi connectivity index (χ0n) is 10.2. The summed E-state index contributed by atoms with van der Waals surface area (Å²) in [5, 5.41) is 6.26. The Bertz CT molecular complexity index is 433. The Morgan fingerprint density at radius 2 is 2.06 bits per heavy atom. The van der Waals surface area contributed by atoms with Gasteiger partial charge in [0.25, 0.3) is 0 Å². The van der Waals surface area contributed by atoms with Crippen LogP contribution in [0.15, 0.2) is 21.1 Å². The second-order valence-corrected chi connectivity index (χ2v) is 6.34. The molecule has 0 aromatic heterocycles. The standard InChI is InChI=1S/C13H16Br2N2O/c1-8-5-10(14)12(11(15)6-8)17-13(18)9-3-2-4-16-7-9/h5-6,9,16H,2-4,7H2,1H3,(H,17,18). The summed E-state index contributed by atoms with van der Waals surface area (Å²) in [6.07, 6.45) is 2.02. The zero-order chi connectivity index (χ0) is 13.1. The van der Waals surface area contributed by atoms with Crippen LogP contribution in [0.3, 0.4) is 0 Å². The van der Waals surface area contributed by atoms with Crippen LogP contribution in [-0.4, -0.2) is 19.0 Å². The highest BCUT2D eigenvalue weighted by molar-refractivity contribution is 9.11. The minimum Gasteiger partial charge on any atom is -0.324 e. The van der Waals surface area contributed by atoms with Gasteiger partial charge in [0.15, 0.2) is 0 Å². The molecule has 1 fully saturated rings. The first-order chi connectivity index (χ1) is 8.58. The molecular formula is C13H16Br2N2O. The zero-order valence-corrected chi connectivity index (χ0v) is 13.4. The van der Waals surface area contributed by atoms with Gasteiger partial charge in [0.05, 0.1) is 11.6 Å². The third kappa shape index (κ3) is 3.33. The second kappa shape index (κ2) is 6.17. The van der Waals surface area contributed by atoms with Crippen LogP contribution in [0.25, 0.3) is 0 Å². The van der Waals surface area contributed by atoms with Crippen LogP contribution in [0.5, 0.6) is 0 Å². The van der Waals surface area contributed by atoms with E-state index in [2.05, 4.69) is 42.5 Å². The predicted octanol–water partition coefficient (Wildman–Crippen LogP) is 3.46. The summed E-state index contributed by atoms with van der Waals surface area (Å²) in [6, 6.07) is 4.00. The first kappa shape index (κ1) is 14.0. The van der Waals surface area contributed by atoms with Gasteiger partial charge >= 0.3 is 0 Å². The number of carbonyl (C=O) groups is 1. The fourth-order valence-corrected chi connectivity index (χ4v) is 3.73. The number of halogens is 2. The van der Waals surface area contributed by atoms with Gasteiger partial charge in [0, 0.05) is 15.5 Å². The number of anilines is 1. The molecule has 1 aliphatic rings. The summed E-state index contributed by atoms with van der Waals surface area (Å²) in [6.45, 7) is 3.81. The van der Waals surface area contributed by atoms with Crippen molar-refractivity contribution in [2.45, 2.75) is 19.8 Å². The lowest BCUT2D eigenvalue weighted by atomic mass is 9.99. The van der Waals surface area contributed by atoms with Crippen LogP contribution >= 0.6 is 31.9 Å². The van der Waals surface area contributed by atoms with Crippen LogP contribution in [-0.2, 0) is 4.79 Å². The van der Waals surface area contributed by atoms with E-state index >= 15 is 0 Å². The number of carbonyl (C=O) groups excluding carboxylic acids is 1. The average Bonchev–Trinajstić information content (AvgIpc) is 2.34. The Morgan fingerprint density at radius 3 is 2.61 bits per heavy atom. The van der Waals surface area contributed by atoms with Crippen LogP contribution < -0.4 is 10.6 Å². The minimum atomic E-state index is 0.0684. The van der Waals surface area contributed by atoms with Crippen molar-refractivity contribution < 1.29 is 4.79 Å². The molecule has 0 spiro atoms. The molecule has 2 rings (SSSR count). The van der Waals surface area contributed by atoms with Crippen molar-refractivity contribution in [3.63, 3.8) is 0 Å². The van der Waals surface area contributed by atoms with Crippen molar-refractivity contribution in [2.75, 3.05) is 18.4 Å². The van der Waals surface area contributed by atoms with E-state index in [1.807, 2.05) is 19.1 Å². The molecule has 1 heterocycles. The maximum Gasteiger partial charge on any atom is 0.228 e. The van der Waals surface area contributed by atoms with E-state index in [-0.39, 0.29) is 11.8 Å². The van der Waals surface area contributed by atoms with Gasteiger partial charge in [-0.25, -0.2) is 0 Å². The highest BCUT2D eigenvalue weighted by atomic mass is 79.9. The first-order valence-electron chi connectivity index (χ1n) is 6.05. The number of rotatable bonds is 2. The molecule has 0 aliphatic carbocycles. The molecule has 1 saturated heterocycles. The SMILES string of the molecule is Cc1cc(Br)c(NC(=O)C2CCCNC2)c(Br)c1. The number of piperidine rings is 1. The maximum atomic E-state index is 12.2.